The third-order valence-electron chi connectivity index (χ3n) is 14.4. The van der Waals surface area contributed by atoms with Gasteiger partial charge in [0.25, 0.3) is 0 Å². The van der Waals surface area contributed by atoms with Gasteiger partial charge < -0.3 is 57.8 Å². The molecule has 6 heterocycles. The molecule has 0 spiro atoms. The van der Waals surface area contributed by atoms with E-state index in [-0.39, 0.29) is 7.43 Å². The minimum Gasteiger partial charge on any atom is -0.391 e. The lowest BCUT2D eigenvalue weighted by atomic mass is 10.1. The molecule has 0 aromatic carbocycles. The highest BCUT2D eigenvalue weighted by atomic mass is 16.3. The van der Waals surface area contributed by atoms with Crippen LogP contribution in [0, 0.1) is 0 Å². The molecule has 6 saturated heterocycles. The maximum absolute atomic E-state index is 8.82. The molecule has 0 unspecified atom stereocenters. The van der Waals surface area contributed by atoms with Crippen LogP contribution in [0.1, 0.15) is 149 Å². The molecule has 6 fully saturated rings. The van der Waals surface area contributed by atoms with Gasteiger partial charge in [0, 0.05) is 91.6 Å². The number of piperidine rings is 1. The molecule has 0 bridgehead atoms. The van der Waals surface area contributed by atoms with Gasteiger partial charge in [-0.15, -0.1) is 0 Å². The number of hydrogen-bond acceptors (Lipinski definition) is 12. The Labute approximate surface area is 529 Å². The van der Waals surface area contributed by atoms with Crippen molar-refractivity contribution < 1.29 is 18.6 Å². The molecule has 6 aliphatic heterocycles. The fraction of sp³-hybridized carbons (Fsp3) is 1.00. The van der Waals surface area contributed by atoms with Gasteiger partial charge >= 0.3 is 0 Å². The van der Waals surface area contributed by atoms with Crippen molar-refractivity contribution in [1.29, 1.82) is 0 Å². The van der Waals surface area contributed by atoms with Crippen LogP contribution in [0.5, 0.6) is 0 Å². The summed E-state index contributed by atoms with van der Waals surface area (Å²) in [6.07, 6.45) is 9.31. The van der Waals surface area contributed by atoms with E-state index in [1.165, 1.54) is 211 Å². The molecule has 0 atom stereocenters. The normalized spacial score (nSPS) is 19.5. The van der Waals surface area contributed by atoms with Crippen LogP contribution < -0.4 is 0 Å². The maximum Gasteiger partial charge on any atom is 0.102 e. The Morgan fingerprint density at radius 1 is 0.325 bits per heavy atom. The zero-order chi connectivity index (χ0) is 65.6. The molecular weight excluding hydrogens is 1030 g/mol. The van der Waals surface area contributed by atoms with Crippen LogP contribution in [-0.2, 0) is 0 Å². The Morgan fingerprint density at radius 3 is 0.711 bits per heavy atom. The lowest BCUT2D eigenvalue weighted by molar-refractivity contribution is -0.913. The summed E-state index contributed by atoms with van der Waals surface area (Å²) in [4.78, 5) is 25.9. The molecule has 83 heavy (non-hydrogen) atoms. The summed E-state index contributed by atoms with van der Waals surface area (Å²) in [5.41, 5.74) is 0. The summed E-state index contributed by atoms with van der Waals surface area (Å²) in [7, 11) is 39.6. The first-order chi connectivity index (χ1) is 38.7. The molecule has 15 nitrogen and oxygen atoms in total. The van der Waals surface area contributed by atoms with Crippen molar-refractivity contribution in [2.24, 2.45) is 0 Å². The van der Waals surface area contributed by atoms with Crippen molar-refractivity contribution in [3.63, 3.8) is 0 Å². The first kappa shape index (κ1) is 101. The van der Waals surface area contributed by atoms with Crippen molar-refractivity contribution >= 4 is 0 Å². The molecule has 0 radical (unpaired) electrons. The first-order valence-electron chi connectivity index (χ1n) is 34.2. The van der Waals surface area contributed by atoms with Gasteiger partial charge in [-0.05, 0) is 157 Å². The first-order valence-corrected chi connectivity index (χ1v) is 34.2. The minimum atomic E-state index is 0. The number of nitrogens with zero attached hydrogens (tertiary/aromatic N) is 14. The summed E-state index contributed by atoms with van der Waals surface area (Å²) in [5, 5.41) is 8.82. The zero-order valence-corrected chi connectivity index (χ0v) is 63.5. The summed E-state index contributed by atoms with van der Waals surface area (Å²) >= 11 is 0. The zero-order valence-electron chi connectivity index (χ0n) is 63.5. The molecule has 0 aromatic heterocycles. The van der Waals surface area contributed by atoms with Crippen molar-refractivity contribution in [3.05, 3.63) is 0 Å². The predicted octanol–water partition coefficient (Wildman–Crippen LogP) is 9.64. The smallest absolute Gasteiger partial charge is 0.102 e. The topological polar surface area (TPSA) is 55.9 Å². The Morgan fingerprint density at radius 2 is 0.530 bits per heavy atom. The van der Waals surface area contributed by atoms with Gasteiger partial charge in [-0.2, -0.15) is 0 Å². The standard InChI is InChI=1S/C11H27N3.C8H19N2O.2C7H17N2.2C6H14N2.C6H13N.2C3H8.5C2H6.CH4/c1-12(2)8-6-10-14(5)11-7-9-13(3)4;1-9-3-5-10(2,6-4-9)7-8-11;2*1-8-4-6-9(2,3)7-5-8;2*1-7-3-5-8(2)6-4-7;1-7-5-3-2-4-6-7;2*1-3-2;5*1-2;/h6-11H2,1-5H3;11H,3-8H2,1-2H3;2*4-7H2,1-3H3;2*3-6H2,1-2H3;2-6H2,1H3;2*3H2,1-2H3;5*1-2H3;1H4/q;3*+1;;;;;;;;;;;. The number of piperazine rings is 5. The van der Waals surface area contributed by atoms with Crippen LogP contribution in [-0.4, -0.2) is 383 Å². The van der Waals surface area contributed by atoms with Crippen LogP contribution >= 0.6 is 0 Å². The molecule has 6 aliphatic rings. The second-order valence-corrected chi connectivity index (χ2v) is 24.8. The van der Waals surface area contributed by atoms with E-state index in [2.05, 4.69) is 208 Å². The molecule has 0 saturated carbocycles. The number of likely N-dealkylation sites (tertiary alicyclic amines) is 1. The molecule has 0 aromatic rings. The maximum atomic E-state index is 8.82. The second-order valence-electron chi connectivity index (χ2n) is 24.8. The van der Waals surface area contributed by atoms with Crippen LogP contribution in [0.4, 0.5) is 0 Å². The molecule has 15 heteroatoms. The fourth-order valence-corrected chi connectivity index (χ4v) is 8.02. The molecule has 0 aliphatic carbocycles. The average molecular weight is 1200 g/mol. The van der Waals surface area contributed by atoms with E-state index in [1.807, 2.05) is 69.2 Å². The Kier molecular flexibility index (Phi) is 88.1. The predicted molar refractivity (Wildman–Crippen MR) is 385 cm³/mol. The van der Waals surface area contributed by atoms with E-state index >= 15 is 0 Å². The van der Waals surface area contributed by atoms with Gasteiger partial charge in [-0.25, -0.2) is 0 Å². The third kappa shape index (κ3) is 81.4. The van der Waals surface area contributed by atoms with Gasteiger partial charge in [0.2, 0.25) is 0 Å². The lowest BCUT2D eigenvalue weighted by Gasteiger charge is -2.40. The van der Waals surface area contributed by atoms with Crippen molar-refractivity contribution in [1.82, 2.24) is 53.9 Å². The molecule has 516 valence electrons. The third-order valence-corrected chi connectivity index (χ3v) is 14.4. The SMILES string of the molecule is C.CC.CC.CC.CC.CC.CCC.CCC.CN(C)CCCN(C)CCCN(C)C.CN1CCCCC1.CN1CCN(C)CC1.CN1CCN(C)CC1.CN1CC[N+](C)(C)CC1.CN1CC[N+](C)(C)CC1.CN1CC[N+](C)(CCO)CC1. The average Bonchev–Trinajstić information content (AvgIpc) is 3.45. The highest BCUT2D eigenvalue weighted by molar-refractivity contribution is 4.66. The van der Waals surface area contributed by atoms with E-state index in [9.17, 15) is 0 Å². The van der Waals surface area contributed by atoms with Crippen LogP contribution in [0.15, 0.2) is 0 Å². The monoisotopic (exact) mass is 1200 g/mol. The van der Waals surface area contributed by atoms with Gasteiger partial charge in [-0.3, -0.25) is 14.7 Å². The van der Waals surface area contributed by atoms with E-state index in [4.69, 9.17) is 5.11 Å². The Hall–Kier alpha value is -0.600. The summed E-state index contributed by atoms with van der Waals surface area (Å²) < 4.78 is 3.44. The highest BCUT2D eigenvalue weighted by Crippen LogP contribution is 2.08. The van der Waals surface area contributed by atoms with Gasteiger partial charge in [0.1, 0.15) is 6.54 Å². The van der Waals surface area contributed by atoms with Crippen molar-refractivity contribution in [2.45, 2.75) is 149 Å². The van der Waals surface area contributed by atoms with E-state index in [0.717, 1.165) is 24.1 Å². The van der Waals surface area contributed by atoms with Crippen LogP contribution in [0.2, 0.25) is 0 Å². The summed E-state index contributed by atoms with van der Waals surface area (Å²) in [6.45, 7) is 62.0. The van der Waals surface area contributed by atoms with Crippen LogP contribution in [0.25, 0.3) is 0 Å². The lowest BCUT2D eigenvalue weighted by Crippen LogP contribution is -2.57. The highest BCUT2D eigenvalue weighted by Gasteiger charge is 2.26. The molecular formula is C68H171N14O+3. The minimum absolute atomic E-state index is 0. The summed E-state index contributed by atoms with van der Waals surface area (Å²) in [6, 6.07) is 0. The Balaban J connectivity index is -0.000000106. The van der Waals surface area contributed by atoms with E-state index in [0.29, 0.717) is 6.61 Å². The summed E-state index contributed by atoms with van der Waals surface area (Å²) in [5.74, 6) is 0. The number of rotatable bonds is 10. The largest absolute Gasteiger partial charge is 0.391 e. The molecule has 0 amide bonds. The number of likely N-dealkylation sites (N-methyl/N-ethyl adjacent to an activating group) is 10. The molecule has 6 rings (SSSR count). The number of aliphatic hydroxyl groups is 1. The quantitative estimate of drug-likeness (QED) is 0.212. The van der Waals surface area contributed by atoms with E-state index < -0.39 is 0 Å². The van der Waals surface area contributed by atoms with Crippen molar-refractivity contribution in [3.8, 4) is 0 Å². The van der Waals surface area contributed by atoms with Gasteiger partial charge in [0.15, 0.2) is 0 Å². The van der Waals surface area contributed by atoms with Crippen LogP contribution in [0.3, 0.4) is 0 Å². The molecule has 1 N–H and O–H groups in total. The number of aliphatic hydroxyl groups excluding tert-OH is 1. The van der Waals surface area contributed by atoms with Crippen molar-refractivity contribution in [2.75, 3.05) is 310 Å². The van der Waals surface area contributed by atoms with E-state index in [1.54, 1.807) is 0 Å². The number of hydrogen-bond donors (Lipinski definition) is 1. The Bertz CT molecular complexity index is 1020. The second kappa shape index (κ2) is 72.1. The van der Waals surface area contributed by atoms with Gasteiger partial charge in [-0.1, -0.05) is 124 Å². The fourth-order valence-electron chi connectivity index (χ4n) is 8.02. The van der Waals surface area contributed by atoms with Gasteiger partial charge in [0.05, 0.1) is 81.1 Å². The number of quaternary nitrogens is 3.